The first kappa shape index (κ1) is 39.5. The van der Waals surface area contributed by atoms with E-state index in [9.17, 15) is 0 Å². The molecule has 0 saturated heterocycles. The van der Waals surface area contributed by atoms with Crippen LogP contribution in [0.1, 0.15) is 124 Å². The Labute approximate surface area is 327 Å². The van der Waals surface area contributed by atoms with Crippen LogP contribution in [0.4, 0.5) is 22.7 Å². The largest absolute Gasteiger partial charge is 0.490 e. The van der Waals surface area contributed by atoms with Crippen LogP contribution in [0.3, 0.4) is 0 Å². The van der Waals surface area contributed by atoms with Crippen molar-refractivity contribution in [3.8, 4) is 23.0 Å². The Kier molecular flexibility index (Phi) is 11.7. The van der Waals surface area contributed by atoms with Crippen molar-refractivity contribution in [3.63, 3.8) is 0 Å². The van der Waals surface area contributed by atoms with Crippen LogP contribution in [0.5, 0.6) is 23.0 Å². The molecule has 288 valence electrons. The molecule has 2 aliphatic rings. The molecule has 0 aliphatic carbocycles. The minimum absolute atomic E-state index is 0.188. The topological polar surface area (TPSA) is 86.4 Å². The van der Waals surface area contributed by atoms with Gasteiger partial charge in [0.2, 0.25) is 0 Å². The van der Waals surface area contributed by atoms with Crippen molar-refractivity contribution in [3.05, 3.63) is 93.0 Å². The lowest BCUT2D eigenvalue weighted by molar-refractivity contribution is -0.00368. The molecule has 0 N–H and O–H groups in total. The van der Waals surface area contributed by atoms with Gasteiger partial charge >= 0.3 is 0 Å². The minimum Gasteiger partial charge on any atom is -0.490 e. The van der Waals surface area contributed by atoms with E-state index in [2.05, 4.69) is 116 Å². The summed E-state index contributed by atoms with van der Waals surface area (Å²) in [5, 5.41) is 0. The van der Waals surface area contributed by atoms with Gasteiger partial charge in [-0.2, -0.15) is 20.0 Å². The van der Waals surface area contributed by atoms with Gasteiger partial charge in [0, 0.05) is 0 Å². The molecule has 0 unspecified atom stereocenters. The van der Waals surface area contributed by atoms with Crippen molar-refractivity contribution in [1.82, 2.24) is 0 Å². The summed E-state index contributed by atoms with van der Waals surface area (Å²) in [6.07, 6.45) is 0. The Morgan fingerprint density at radius 3 is 0.818 bits per heavy atom. The highest BCUT2D eigenvalue weighted by molar-refractivity contribution is 5.73. The lowest BCUT2D eigenvalue weighted by atomic mass is 9.91. The van der Waals surface area contributed by atoms with Crippen LogP contribution in [0, 0.1) is 33.1 Å². The molecular formula is C47H56N4O4. The van der Waals surface area contributed by atoms with Crippen LogP contribution >= 0.6 is 0 Å². The first-order valence-electron chi connectivity index (χ1n) is 19.6. The van der Waals surface area contributed by atoms with Gasteiger partial charge in [-0.15, -0.1) is 0 Å². The minimum atomic E-state index is -0.858. The summed E-state index contributed by atoms with van der Waals surface area (Å²) in [4.78, 5) is 19.6. The number of nitrogens with zero attached hydrogens (tertiary/aromatic N) is 4. The van der Waals surface area contributed by atoms with E-state index < -0.39 is 5.41 Å². The Morgan fingerprint density at radius 2 is 0.618 bits per heavy atom. The van der Waals surface area contributed by atoms with Gasteiger partial charge in [0.05, 0.1) is 0 Å². The normalized spacial score (nSPS) is 16.9. The molecule has 4 aromatic rings. The molecule has 1 spiro atoms. The lowest BCUT2D eigenvalue weighted by Crippen LogP contribution is -2.45. The number of ether oxygens (including phenoxy) is 4. The van der Waals surface area contributed by atoms with Gasteiger partial charge in [0.25, 0.3) is 0 Å². The van der Waals surface area contributed by atoms with Crippen LogP contribution < -0.4 is 18.9 Å². The van der Waals surface area contributed by atoms with Crippen LogP contribution in [0.2, 0.25) is 0 Å². The van der Waals surface area contributed by atoms with Gasteiger partial charge in [-0.05, 0) is 95.9 Å². The first-order valence-corrected chi connectivity index (χ1v) is 19.6. The molecule has 2 heterocycles. The molecule has 55 heavy (non-hydrogen) atoms. The maximum absolute atomic E-state index is 6.97. The van der Waals surface area contributed by atoms with Gasteiger partial charge in [-0.1, -0.05) is 104 Å². The van der Waals surface area contributed by atoms with Crippen molar-refractivity contribution in [2.24, 2.45) is 25.4 Å². The number of benzene rings is 4. The molecule has 0 radical (unpaired) electrons. The maximum atomic E-state index is 6.97. The lowest BCUT2D eigenvalue weighted by Gasteiger charge is -2.35. The van der Waals surface area contributed by atoms with Gasteiger partial charge in [0.15, 0.2) is 0 Å². The Morgan fingerprint density at radius 1 is 0.400 bits per heavy atom. The van der Waals surface area contributed by atoms with Crippen molar-refractivity contribution >= 4 is 34.8 Å². The van der Waals surface area contributed by atoms with E-state index in [4.69, 9.17) is 38.9 Å². The summed E-state index contributed by atoms with van der Waals surface area (Å²) >= 11 is 0. The molecule has 8 nitrogen and oxygen atoms in total. The smallest absolute Gasteiger partial charge is 0.148 e. The molecule has 8 heteroatoms. The number of hydrogen-bond acceptors (Lipinski definition) is 8. The summed E-state index contributed by atoms with van der Waals surface area (Å²) in [6.45, 7) is 26.3. The van der Waals surface area contributed by atoms with Crippen LogP contribution in [-0.2, 0) is 0 Å². The van der Waals surface area contributed by atoms with E-state index in [0.717, 1.165) is 67.3 Å². The molecule has 0 aromatic heterocycles. The van der Waals surface area contributed by atoms with Gasteiger partial charge in [0.1, 0.15) is 89.6 Å². The van der Waals surface area contributed by atoms with E-state index in [0.29, 0.717) is 23.0 Å². The third-order valence-corrected chi connectivity index (χ3v) is 10.7. The second-order valence-corrected chi connectivity index (χ2v) is 16.5. The molecule has 0 amide bonds. The third-order valence-electron chi connectivity index (χ3n) is 10.7. The van der Waals surface area contributed by atoms with Gasteiger partial charge in [-0.3, -0.25) is 0 Å². The number of aliphatic imine (C=N–C) groups is 4. The second-order valence-electron chi connectivity index (χ2n) is 16.5. The zero-order valence-corrected chi connectivity index (χ0v) is 34.7. The van der Waals surface area contributed by atoms with Gasteiger partial charge < -0.3 is 18.9 Å². The Bertz CT molecular complexity index is 1910. The van der Waals surface area contributed by atoms with Crippen LogP contribution in [0.25, 0.3) is 0 Å². The van der Waals surface area contributed by atoms with Crippen molar-refractivity contribution in [2.45, 2.75) is 107 Å². The summed E-state index contributed by atoms with van der Waals surface area (Å²) < 4.78 is 27.9. The van der Waals surface area contributed by atoms with E-state index in [1.54, 1.807) is 0 Å². The molecule has 0 atom stereocenters. The van der Waals surface area contributed by atoms with Crippen molar-refractivity contribution < 1.29 is 18.9 Å². The summed E-state index contributed by atoms with van der Waals surface area (Å²) in [5.74, 6) is 3.47. The predicted molar refractivity (Wildman–Crippen MR) is 224 cm³/mol. The van der Waals surface area contributed by atoms with E-state index in [1.807, 2.05) is 27.7 Å². The summed E-state index contributed by atoms with van der Waals surface area (Å²) in [6, 6.07) is 23.0. The molecule has 2 aliphatic heterocycles. The van der Waals surface area contributed by atoms with Crippen LogP contribution in [-0.4, -0.2) is 38.4 Å². The SMILES string of the molecule is Cc1ccc(C(C)C)c2c1OCC1(COc3c(C)ccc(C(C)C)c3N=C=N2)COc2c(C)ccc(C(C)C)c2N=C=Nc2c(C(C)C)ccc(C)c2OC1. The monoisotopic (exact) mass is 740 g/mol. The number of hydrogen-bond donors (Lipinski definition) is 0. The average molecular weight is 741 g/mol. The fourth-order valence-electron chi connectivity index (χ4n) is 7.20. The molecular weight excluding hydrogens is 685 g/mol. The fraction of sp³-hybridized carbons (Fsp3) is 0.447. The van der Waals surface area contributed by atoms with Crippen molar-refractivity contribution in [1.29, 1.82) is 0 Å². The second kappa shape index (κ2) is 16.3. The Balaban J connectivity index is 1.63. The molecule has 6 rings (SSSR count). The van der Waals surface area contributed by atoms with Crippen molar-refractivity contribution in [2.75, 3.05) is 26.4 Å². The van der Waals surface area contributed by atoms with E-state index in [1.165, 1.54) is 0 Å². The molecule has 0 bridgehead atoms. The predicted octanol–water partition coefficient (Wildman–Crippen LogP) is 12.9. The zero-order chi connectivity index (χ0) is 39.6. The van der Waals surface area contributed by atoms with Crippen LogP contribution in [0.15, 0.2) is 68.5 Å². The quantitative estimate of drug-likeness (QED) is 0.208. The van der Waals surface area contributed by atoms with Gasteiger partial charge in [-0.25, -0.2) is 0 Å². The first-order chi connectivity index (χ1) is 26.2. The molecule has 0 saturated carbocycles. The molecule has 4 aromatic carbocycles. The third kappa shape index (κ3) is 8.12. The van der Waals surface area contributed by atoms with E-state index >= 15 is 0 Å². The van der Waals surface area contributed by atoms with E-state index in [-0.39, 0.29) is 50.1 Å². The fourth-order valence-corrected chi connectivity index (χ4v) is 7.20. The highest BCUT2D eigenvalue weighted by atomic mass is 16.5. The highest BCUT2D eigenvalue weighted by Crippen LogP contribution is 2.45. The number of rotatable bonds is 4. The molecule has 0 fully saturated rings. The summed E-state index contributed by atoms with van der Waals surface area (Å²) in [7, 11) is 0. The number of aryl methyl sites for hydroxylation is 4. The average Bonchev–Trinajstić information content (AvgIpc) is 3.12. The maximum Gasteiger partial charge on any atom is 0.148 e. The summed E-state index contributed by atoms with van der Waals surface area (Å²) in [5.41, 5.74) is 10.1. The standard InChI is InChI=1S/C47H56N4O4/c1-27(2)35-17-13-31(9)43-39(35)48-25-49-40-36(28(3)4)18-14-32(10)44(40)53-22-47(21-52-43)23-54-45-33(11)15-19-37(29(5)6)41(45)50-26-51-42-38(30(7)8)20-16-34(12)46(42)55-24-47/h13-20,27-30H,21-24H2,1-12H3. The zero-order valence-electron chi connectivity index (χ0n) is 34.7. The highest BCUT2D eigenvalue weighted by Gasteiger charge is 2.38. The Hall–Kier alpha value is -5.16. The number of fused-ring (bicyclic) bond motifs is 4.